The first-order valence-corrected chi connectivity index (χ1v) is 5.84. The monoisotopic (exact) mass is 239 g/mol. The van der Waals surface area contributed by atoms with Gasteiger partial charge in [-0.3, -0.25) is 9.69 Å². The number of nitrogen functional groups attached to an aromatic ring is 1. The Kier molecular flexibility index (Phi) is 5.72. The van der Waals surface area contributed by atoms with E-state index in [2.05, 4.69) is 11.8 Å². The van der Waals surface area contributed by atoms with Gasteiger partial charge in [-0.25, -0.2) is 0 Å². The molecule has 1 rings (SSSR count). The van der Waals surface area contributed by atoms with Crippen molar-refractivity contribution < 1.29 is 4.74 Å². The molecule has 0 fully saturated rings. The van der Waals surface area contributed by atoms with Crippen LogP contribution in [-0.2, 0) is 11.3 Å². The first-order chi connectivity index (χ1) is 8.17. The lowest BCUT2D eigenvalue weighted by molar-refractivity contribution is 0.148. The third-order valence-corrected chi connectivity index (χ3v) is 2.72. The normalized spacial score (nSPS) is 11.0. The maximum atomic E-state index is 11.6. The van der Waals surface area contributed by atoms with Gasteiger partial charge in [0.1, 0.15) is 0 Å². The molecule has 96 valence electrons. The van der Waals surface area contributed by atoms with Gasteiger partial charge in [-0.1, -0.05) is 6.92 Å². The van der Waals surface area contributed by atoms with Crippen LogP contribution in [0.25, 0.3) is 0 Å². The molecule has 1 heterocycles. The van der Waals surface area contributed by atoms with Crippen LogP contribution >= 0.6 is 0 Å². The van der Waals surface area contributed by atoms with Crippen molar-refractivity contribution in [2.24, 2.45) is 0 Å². The quantitative estimate of drug-likeness (QED) is 0.748. The average Bonchev–Trinajstić information content (AvgIpc) is 2.33. The summed E-state index contributed by atoms with van der Waals surface area (Å²) in [4.78, 5) is 13.8. The third-order valence-electron chi connectivity index (χ3n) is 2.72. The first kappa shape index (κ1) is 13.7. The maximum absolute atomic E-state index is 11.6. The Morgan fingerprint density at radius 1 is 1.41 bits per heavy atom. The highest BCUT2D eigenvalue weighted by Crippen LogP contribution is 1.97. The van der Waals surface area contributed by atoms with E-state index in [1.54, 1.807) is 23.9 Å². The second kappa shape index (κ2) is 7.09. The minimum Gasteiger partial charge on any atom is -0.398 e. The lowest BCUT2D eigenvalue weighted by Crippen LogP contribution is -2.33. The molecule has 1 aromatic rings. The molecule has 0 saturated carbocycles. The summed E-state index contributed by atoms with van der Waals surface area (Å²) < 4.78 is 6.68. The molecule has 0 saturated heterocycles. The van der Waals surface area contributed by atoms with Crippen molar-refractivity contribution in [3.8, 4) is 0 Å². The molecule has 0 aliphatic carbocycles. The molecule has 0 bridgehead atoms. The standard InChI is InChI=1S/C12H21N3O2/c1-3-14(8-9-17-2)6-7-15-10-11(13)4-5-12(15)16/h4-5,10H,3,6-9,13H2,1-2H3. The highest BCUT2D eigenvalue weighted by atomic mass is 16.5. The van der Waals surface area contributed by atoms with Crippen molar-refractivity contribution in [1.82, 2.24) is 9.47 Å². The summed E-state index contributed by atoms with van der Waals surface area (Å²) in [6.07, 6.45) is 1.69. The van der Waals surface area contributed by atoms with E-state index in [0.29, 0.717) is 18.8 Å². The van der Waals surface area contributed by atoms with Crippen molar-refractivity contribution in [3.63, 3.8) is 0 Å². The summed E-state index contributed by atoms with van der Waals surface area (Å²) in [5.74, 6) is 0. The summed E-state index contributed by atoms with van der Waals surface area (Å²) in [6, 6.07) is 3.13. The number of aromatic nitrogens is 1. The van der Waals surface area contributed by atoms with E-state index < -0.39 is 0 Å². The molecule has 0 aliphatic heterocycles. The second-order valence-corrected chi connectivity index (χ2v) is 3.92. The number of methoxy groups -OCH3 is 1. The lowest BCUT2D eigenvalue weighted by Gasteiger charge is -2.20. The smallest absolute Gasteiger partial charge is 0.250 e. The fraction of sp³-hybridized carbons (Fsp3) is 0.583. The molecule has 0 radical (unpaired) electrons. The molecule has 2 N–H and O–H groups in total. The van der Waals surface area contributed by atoms with Gasteiger partial charge in [0.15, 0.2) is 0 Å². The van der Waals surface area contributed by atoms with Gasteiger partial charge in [0.05, 0.1) is 6.61 Å². The zero-order chi connectivity index (χ0) is 12.7. The number of hydrogen-bond acceptors (Lipinski definition) is 4. The molecular formula is C12H21N3O2. The van der Waals surface area contributed by atoms with Crippen molar-refractivity contribution in [3.05, 3.63) is 28.7 Å². The summed E-state index contributed by atoms with van der Waals surface area (Å²) in [7, 11) is 1.69. The predicted molar refractivity (Wildman–Crippen MR) is 69.1 cm³/mol. The van der Waals surface area contributed by atoms with E-state index in [0.717, 1.165) is 19.6 Å². The molecule has 0 spiro atoms. The molecular weight excluding hydrogens is 218 g/mol. The minimum absolute atomic E-state index is 0.0120. The molecule has 0 aromatic carbocycles. The highest BCUT2D eigenvalue weighted by Gasteiger charge is 2.03. The molecule has 5 nitrogen and oxygen atoms in total. The van der Waals surface area contributed by atoms with E-state index in [1.807, 2.05) is 0 Å². The van der Waals surface area contributed by atoms with E-state index in [4.69, 9.17) is 10.5 Å². The number of rotatable bonds is 7. The Hall–Kier alpha value is -1.33. The highest BCUT2D eigenvalue weighted by molar-refractivity contribution is 5.33. The van der Waals surface area contributed by atoms with E-state index >= 15 is 0 Å². The number of anilines is 1. The van der Waals surface area contributed by atoms with Gasteiger partial charge in [-0.15, -0.1) is 0 Å². The zero-order valence-corrected chi connectivity index (χ0v) is 10.6. The fourth-order valence-corrected chi connectivity index (χ4v) is 1.62. The fourth-order valence-electron chi connectivity index (χ4n) is 1.62. The number of pyridine rings is 1. The predicted octanol–water partition coefficient (Wildman–Crippen LogP) is 0.399. The molecule has 17 heavy (non-hydrogen) atoms. The number of nitrogens with zero attached hydrogens (tertiary/aromatic N) is 2. The van der Waals surface area contributed by atoms with Crippen LogP contribution < -0.4 is 11.3 Å². The number of ether oxygens (including phenoxy) is 1. The maximum Gasteiger partial charge on any atom is 0.250 e. The number of likely N-dealkylation sites (N-methyl/N-ethyl adjacent to an activating group) is 1. The van der Waals surface area contributed by atoms with Crippen molar-refractivity contribution in [2.75, 3.05) is 39.1 Å². The molecule has 0 aliphatic rings. The molecule has 5 heteroatoms. The second-order valence-electron chi connectivity index (χ2n) is 3.92. The average molecular weight is 239 g/mol. The number of nitrogens with two attached hydrogens (primary N) is 1. The Labute approximate surface area is 102 Å². The van der Waals surface area contributed by atoms with Gasteiger partial charge >= 0.3 is 0 Å². The van der Waals surface area contributed by atoms with Crippen LogP contribution in [0, 0.1) is 0 Å². The van der Waals surface area contributed by atoms with Gasteiger partial charge < -0.3 is 15.0 Å². The van der Waals surface area contributed by atoms with Crippen LogP contribution in [0.1, 0.15) is 6.92 Å². The Morgan fingerprint density at radius 2 is 2.18 bits per heavy atom. The van der Waals surface area contributed by atoms with E-state index in [9.17, 15) is 4.79 Å². The SMILES string of the molecule is CCN(CCOC)CCn1cc(N)ccc1=O. The Bertz CT molecular complexity index is 390. The van der Waals surface area contributed by atoms with Gasteiger partial charge in [0.2, 0.25) is 0 Å². The minimum atomic E-state index is -0.0120. The van der Waals surface area contributed by atoms with Crippen LogP contribution in [0.3, 0.4) is 0 Å². The van der Waals surface area contributed by atoms with Gasteiger partial charge in [-0.05, 0) is 12.6 Å². The molecule has 0 atom stereocenters. The first-order valence-electron chi connectivity index (χ1n) is 5.84. The van der Waals surface area contributed by atoms with Crippen LogP contribution in [0.5, 0.6) is 0 Å². The van der Waals surface area contributed by atoms with Crippen LogP contribution in [0.4, 0.5) is 5.69 Å². The summed E-state index contributed by atoms with van der Waals surface area (Å²) in [6.45, 7) is 6.10. The van der Waals surface area contributed by atoms with Crippen LogP contribution in [0.15, 0.2) is 23.1 Å². The summed E-state index contributed by atoms with van der Waals surface area (Å²) in [5, 5.41) is 0. The van der Waals surface area contributed by atoms with E-state index in [-0.39, 0.29) is 5.56 Å². The van der Waals surface area contributed by atoms with Crippen LogP contribution in [-0.4, -0.2) is 42.8 Å². The number of hydrogen-bond donors (Lipinski definition) is 1. The molecule has 0 unspecified atom stereocenters. The Balaban J connectivity index is 2.53. The van der Waals surface area contributed by atoms with Gasteiger partial charge in [0.25, 0.3) is 5.56 Å². The Morgan fingerprint density at radius 3 is 2.82 bits per heavy atom. The molecule has 0 amide bonds. The molecule has 1 aromatic heterocycles. The third kappa shape index (κ3) is 4.58. The van der Waals surface area contributed by atoms with Crippen molar-refractivity contribution >= 4 is 5.69 Å². The van der Waals surface area contributed by atoms with Gasteiger partial charge in [0, 0.05) is 44.7 Å². The van der Waals surface area contributed by atoms with Gasteiger partial charge in [-0.2, -0.15) is 0 Å². The van der Waals surface area contributed by atoms with E-state index in [1.165, 1.54) is 6.07 Å². The zero-order valence-electron chi connectivity index (χ0n) is 10.6. The van der Waals surface area contributed by atoms with Crippen LogP contribution in [0.2, 0.25) is 0 Å². The van der Waals surface area contributed by atoms with Crippen molar-refractivity contribution in [2.45, 2.75) is 13.5 Å². The lowest BCUT2D eigenvalue weighted by atomic mass is 10.4. The topological polar surface area (TPSA) is 60.5 Å². The largest absolute Gasteiger partial charge is 0.398 e. The van der Waals surface area contributed by atoms with Crippen molar-refractivity contribution in [1.29, 1.82) is 0 Å². The summed E-state index contributed by atoms with van der Waals surface area (Å²) in [5.41, 5.74) is 6.26. The summed E-state index contributed by atoms with van der Waals surface area (Å²) >= 11 is 0.